The van der Waals surface area contributed by atoms with E-state index in [1.807, 2.05) is 13.8 Å². The van der Waals surface area contributed by atoms with Crippen molar-refractivity contribution >= 4 is 15.6 Å². The number of rotatable bonds is 2. The first-order valence-electron chi connectivity index (χ1n) is 4.72. The Morgan fingerprint density at radius 3 is 2.13 bits per heavy atom. The molecular formula is C11H16O3S. The molecule has 0 heterocycles. The number of hydrogen-bond acceptors (Lipinski definition) is 3. The lowest BCUT2D eigenvalue weighted by Gasteiger charge is -1.99. The first kappa shape index (κ1) is 13.8. The predicted molar refractivity (Wildman–Crippen MR) is 60.9 cm³/mol. The number of benzene rings is 1. The van der Waals surface area contributed by atoms with Crippen LogP contribution in [0.4, 0.5) is 0 Å². The summed E-state index contributed by atoms with van der Waals surface area (Å²) in [6.45, 7) is 5.40. The number of sulfone groups is 1. The molecule has 0 atom stereocenters. The van der Waals surface area contributed by atoms with Crippen molar-refractivity contribution in [2.45, 2.75) is 25.7 Å². The van der Waals surface area contributed by atoms with E-state index in [-0.39, 0.29) is 10.7 Å². The Kier molecular flexibility index (Phi) is 5.22. The summed E-state index contributed by atoms with van der Waals surface area (Å²) in [5.74, 6) is -0.134. The normalized spacial score (nSPS) is 10.1. The van der Waals surface area contributed by atoms with Gasteiger partial charge in [-0.3, -0.25) is 4.79 Å². The number of ketones is 1. The molecule has 84 valence electrons. The van der Waals surface area contributed by atoms with Gasteiger partial charge >= 0.3 is 0 Å². The van der Waals surface area contributed by atoms with Crippen molar-refractivity contribution in [1.29, 1.82) is 0 Å². The van der Waals surface area contributed by atoms with Gasteiger partial charge in [-0.05, 0) is 19.1 Å². The molecule has 0 saturated heterocycles. The zero-order valence-electron chi connectivity index (χ0n) is 9.44. The van der Waals surface area contributed by atoms with Gasteiger partial charge in [0.25, 0.3) is 0 Å². The second-order valence-electron chi connectivity index (χ2n) is 2.86. The van der Waals surface area contributed by atoms with Crippen LogP contribution in [0.5, 0.6) is 0 Å². The molecular weight excluding hydrogens is 212 g/mol. The number of Topliss-reactive ketones (excluding diaryl/α,β-unsaturated/α-hetero) is 1. The summed E-state index contributed by atoms with van der Waals surface area (Å²) in [6, 6.07) is 6.02. The van der Waals surface area contributed by atoms with Crippen LogP contribution >= 0.6 is 0 Å². The summed E-state index contributed by atoms with van der Waals surface area (Å²) in [5.41, 5.74) is 0.419. The van der Waals surface area contributed by atoms with Crippen molar-refractivity contribution in [3.05, 3.63) is 29.8 Å². The summed E-state index contributed by atoms with van der Waals surface area (Å²) >= 11 is 0. The van der Waals surface area contributed by atoms with Gasteiger partial charge in [-0.2, -0.15) is 0 Å². The van der Waals surface area contributed by atoms with E-state index in [2.05, 4.69) is 0 Å². The molecule has 1 aromatic carbocycles. The van der Waals surface area contributed by atoms with Crippen LogP contribution in [0.2, 0.25) is 0 Å². The Bertz CT molecular complexity index is 433. The highest BCUT2D eigenvalue weighted by Crippen LogP contribution is 2.11. The molecule has 0 amide bonds. The molecule has 0 aliphatic heterocycles. The van der Waals surface area contributed by atoms with Crippen molar-refractivity contribution in [2.75, 3.05) is 6.26 Å². The largest absolute Gasteiger partial charge is 0.295 e. The van der Waals surface area contributed by atoms with E-state index in [1.165, 1.54) is 19.1 Å². The molecule has 0 N–H and O–H groups in total. The van der Waals surface area contributed by atoms with Crippen molar-refractivity contribution in [3.8, 4) is 0 Å². The van der Waals surface area contributed by atoms with Crippen molar-refractivity contribution in [3.63, 3.8) is 0 Å². The van der Waals surface area contributed by atoms with Gasteiger partial charge in [0.15, 0.2) is 15.6 Å². The van der Waals surface area contributed by atoms with Crippen LogP contribution in [-0.4, -0.2) is 20.5 Å². The fourth-order valence-electron chi connectivity index (χ4n) is 0.946. The van der Waals surface area contributed by atoms with Crippen molar-refractivity contribution in [2.24, 2.45) is 0 Å². The minimum atomic E-state index is -3.21. The van der Waals surface area contributed by atoms with Gasteiger partial charge in [0.2, 0.25) is 0 Å². The maximum atomic E-state index is 11.1. The van der Waals surface area contributed by atoms with Crippen LogP contribution in [0.25, 0.3) is 0 Å². The standard InChI is InChI=1S/C9H10O3S.C2H6/c1-7(10)8-4-3-5-9(6-8)13(2,11)12;1-2/h3-6H,1-2H3;1-2H3. The average Bonchev–Trinajstić information content (AvgIpc) is 2.20. The summed E-state index contributed by atoms with van der Waals surface area (Å²) < 4.78 is 22.2. The van der Waals surface area contributed by atoms with E-state index in [1.54, 1.807) is 12.1 Å². The zero-order valence-corrected chi connectivity index (χ0v) is 10.3. The average molecular weight is 228 g/mol. The van der Waals surface area contributed by atoms with Crippen molar-refractivity contribution < 1.29 is 13.2 Å². The van der Waals surface area contributed by atoms with E-state index >= 15 is 0 Å². The molecule has 0 aromatic heterocycles. The first-order valence-corrected chi connectivity index (χ1v) is 6.61. The fraction of sp³-hybridized carbons (Fsp3) is 0.364. The van der Waals surface area contributed by atoms with Gasteiger partial charge in [0, 0.05) is 11.8 Å². The predicted octanol–water partition coefficient (Wildman–Crippen LogP) is 2.32. The molecule has 1 aromatic rings. The quantitative estimate of drug-likeness (QED) is 0.730. The van der Waals surface area contributed by atoms with Crippen LogP contribution in [0.1, 0.15) is 31.1 Å². The van der Waals surface area contributed by atoms with Crippen LogP contribution < -0.4 is 0 Å². The number of carbonyl (C=O) groups is 1. The topological polar surface area (TPSA) is 51.2 Å². The third kappa shape index (κ3) is 4.25. The second-order valence-corrected chi connectivity index (χ2v) is 4.87. The summed E-state index contributed by atoms with van der Waals surface area (Å²) in [7, 11) is -3.21. The van der Waals surface area contributed by atoms with Crippen LogP contribution in [0, 0.1) is 0 Å². The SMILES string of the molecule is CC.CC(=O)c1cccc(S(C)(=O)=O)c1. The van der Waals surface area contributed by atoms with Gasteiger partial charge in [0.05, 0.1) is 4.90 Å². The summed E-state index contributed by atoms with van der Waals surface area (Å²) in [6.07, 6.45) is 1.12. The number of hydrogen-bond donors (Lipinski definition) is 0. The Hall–Kier alpha value is -1.16. The van der Waals surface area contributed by atoms with Gasteiger partial charge in [-0.15, -0.1) is 0 Å². The number of carbonyl (C=O) groups excluding carboxylic acids is 1. The van der Waals surface area contributed by atoms with E-state index < -0.39 is 9.84 Å². The third-order valence-electron chi connectivity index (χ3n) is 1.67. The molecule has 4 heteroatoms. The lowest BCUT2D eigenvalue weighted by atomic mass is 10.2. The minimum Gasteiger partial charge on any atom is -0.295 e. The third-order valence-corrected chi connectivity index (χ3v) is 2.78. The maximum absolute atomic E-state index is 11.1. The minimum absolute atomic E-state index is 0.134. The van der Waals surface area contributed by atoms with Gasteiger partial charge < -0.3 is 0 Å². The lowest BCUT2D eigenvalue weighted by Crippen LogP contribution is -1.99. The Labute approximate surface area is 91.0 Å². The highest BCUT2D eigenvalue weighted by molar-refractivity contribution is 7.90. The Balaban J connectivity index is 0.000000921. The van der Waals surface area contributed by atoms with E-state index in [4.69, 9.17) is 0 Å². The van der Waals surface area contributed by atoms with E-state index in [0.29, 0.717) is 5.56 Å². The molecule has 0 aliphatic carbocycles. The summed E-state index contributed by atoms with van der Waals surface area (Å²) in [4.78, 5) is 11.1. The van der Waals surface area contributed by atoms with Crippen LogP contribution in [-0.2, 0) is 9.84 Å². The second kappa shape index (κ2) is 5.66. The molecule has 15 heavy (non-hydrogen) atoms. The Morgan fingerprint density at radius 1 is 1.20 bits per heavy atom. The van der Waals surface area contributed by atoms with Gasteiger partial charge in [0.1, 0.15) is 0 Å². The summed E-state index contributed by atoms with van der Waals surface area (Å²) in [5, 5.41) is 0. The molecule has 0 saturated carbocycles. The van der Waals surface area contributed by atoms with Gasteiger partial charge in [-0.25, -0.2) is 8.42 Å². The lowest BCUT2D eigenvalue weighted by molar-refractivity contribution is 0.101. The molecule has 1 rings (SSSR count). The van der Waals surface area contributed by atoms with Crippen LogP contribution in [0.15, 0.2) is 29.2 Å². The monoisotopic (exact) mass is 228 g/mol. The maximum Gasteiger partial charge on any atom is 0.175 e. The fourth-order valence-corrected chi connectivity index (χ4v) is 1.61. The molecule has 0 aliphatic rings. The molecule has 0 spiro atoms. The van der Waals surface area contributed by atoms with Crippen LogP contribution in [0.3, 0.4) is 0 Å². The highest BCUT2D eigenvalue weighted by atomic mass is 32.2. The highest BCUT2D eigenvalue weighted by Gasteiger charge is 2.08. The van der Waals surface area contributed by atoms with E-state index in [0.717, 1.165) is 6.26 Å². The first-order chi connectivity index (χ1) is 6.91. The van der Waals surface area contributed by atoms with Crippen molar-refractivity contribution in [1.82, 2.24) is 0 Å². The molecule has 0 fully saturated rings. The molecule has 0 radical (unpaired) electrons. The molecule has 0 unspecified atom stereocenters. The van der Waals surface area contributed by atoms with E-state index in [9.17, 15) is 13.2 Å². The smallest absolute Gasteiger partial charge is 0.175 e. The molecule has 0 bridgehead atoms. The Morgan fingerprint density at radius 2 is 1.73 bits per heavy atom. The molecule has 3 nitrogen and oxygen atoms in total. The zero-order chi connectivity index (χ0) is 12.1. The van der Waals surface area contributed by atoms with Gasteiger partial charge in [-0.1, -0.05) is 26.0 Å².